The van der Waals surface area contributed by atoms with E-state index in [2.05, 4.69) is 15.0 Å². The largest absolute Gasteiger partial charge is 0.271 e. The van der Waals surface area contributed by atoms with Crippen molar-refractivity contribution in [3.63, 3.8) is 0 Å². The number of nitrogens with one attached hydrogen (secondary N) is 1. The third-order valence-electron chi connectivity index (χ3n) is 2.97. The summed E-state index contributed by atoms with van der Waals surface area (Å²) in [6.45, 7) is 0. The summed E-state index contributed by atoms with van der Waals surface area (Å²) >= 11 is 1.44. The van der Waals surface area contributed by atoms with Gasteiger partial charge in [0.1, 0.15) is 0 Å². The minimum atomic E-state index is 0.248. The van der Waals surface area contributed by atoms with Crippen LogP contribution in [0.4, 0.5) is 0 Å². The zero-order valence-corrected chi connectivity index (χ0v) is 8.96. The van der Waals surface area contributed by atoms with Gasteiger partial charge in [-0.25, -0.2) is 0 Å². The molecule has 1 aromatic heterocycles. The molecule has 4 nitrogen and oxygen atoms in total. The summed E-state index contributed by atoms with van der Waals surface area (Å²) in [7, 11) is 0. The van der Waals surface area contributed by atoms with Crippen LogP contribution in [0, 0.1) is 5.92 Å². The molecule has 1 fully saturated rings. The highest BCUT2D eigenvalue weighted by Gasteiger charge is 2.21. The van der Waals surface area contributed by atoms with E-state index in [0.717, 1.165) is 17.2 Å². The van der Waals surface area contributed by atoms with Crippen LogP contribution in [0.5, 0.6) is 0 Å². The smallest absolute Gasteiger partial charge is 0.0669 e. The van der Waals surface area contributed by atoms with Crippen LogP contribution >= 0.6 is 11.5 Å². The number of hydrazine groups is 1. The van der Waals surface area contributed by atoms with Gasteiger partial charge in [-0.3, -0.25) is 11.3 Å². The molecule has 1 aliphatic carbocycles. The third kappa shape index (κ3) is 2.29. The number of nitrogens with two attached hydrogens (primary N) is 1. The Hall–Kier alpha value is -0.520. The summed E-state index contributed by atoms with van der Waals surface area (Å²) in [5, 5.41) is 3.84. The quantitative estimate of drug-likeness (QED) is 0.588. The van der Waals surface area contributed by atoms with Crippen LogP contribution in [0.1, 0.15) is 43.0 Å². The van der Waals surface area contributed by atoms with Crippen molar-refractivity contribution in [3.05, 3.63) is 11.1 Å². The lowest BCUT2D eigenvalue weighted by molar-refractivity contribution is 0.404. The van der Waals surface area contributed by atoms with Gasteiger partial charge in [0.2, 0.25) is 0 Å². The van der Waals surface area contributed by atoms with E-state index < -0.39 is 0 Å². The molecule has 1 aliphatic rings. The first-order chi connectivity index (χ1) is 6.90. The van der Waals surface area contributed by atoms with E-state index in [1.165, 1.54) is 37.2 Å². The first-order valence-corrected chi connectivity index (χ1v) is 5.91. The summed E-state index contributed by atoms with van der Waals surface area (Å²) in [6.07, 6.45) is 8.39. The van der Waals surface area contributed by atoms with Crippen molar-refractivity contribution in [2.45, 2.75) is 38.1 Å². The number of nitrogens with zero attached hydrogens (tertiary/aromatic N) is 2. The highest BCUT2D eigenvalue weighted by atomic mass is 32.1. The van der Waals surface area contributed by atoms with Crippen LogP contribution in [0.2, 0.25) is 0 Å². The maximum absolute atomic E-state index is 5.54. The molecule has 1 atom stereocenters. The van der Waals surface area contributed by atoms with Gasteiger partial charge in [0, 0.05) is 0 Å². The second-order valence-electron chi connectivity index (χ2n) is 3.93. The predicted octanol–water partition coefficient (Wildman–Crippen LogP) is 1.62. The zero-order valence-electron chi connectivity index (χ0n) is 8.15. The standard InChI is InChI=1S/C9H16N4S/c10-12-8(9-6-11-13-14-9)5-7-3-1-2-4-7/h6-8,12H,1-5,10H2. The normalized spacial score (nSPS) is 20.1. The molecule has 0 bridgehead atoms. The Morgan fingerprint density at radius 3 is 2.93 bits per heavy atom. The van der Waals surface area contributed by atoms with Crippen LogP contribution in [-0.2, 0) is 0 Å². The van der Waals surface area contributed by atoms with Crippen LogP contribution in [0.25, 0.3) is 0 Å². The molecule has 5 heteroatoms. The van der Waals surface area contributed by atoms with Crippen molar-refractivity contribution in [1.82, 2.24) is 15.0 Å². The summed E-state index contributed by atoms with van der Waals surface area (Å²) in [6, 6.07) is 0.248. The first kappa shape index (κ1) is 10.0. The summed E-state index contributed by atoms with van der Waals surface area (Å²) in [5.41, 5.74) is 2.86. The topological polar surface area (TPSA) is 63.8 Å². The third-order valence-corrected chi connectivity index (χ3v) is 3.74. The molecular formula is C9H16N4S. The van der Waals surface area contributed by atoms with Gasteiger partial charge in [0.25, 0.3) is 0 Å². The van der Waals surface area contributed by atoms with Gasteiger partial charge in [-0.2, -0.15) is 0 Å². The lowest BCUT2D eigenvalue weighted by Gasteiger charge is -2.17. The van der Waals surface area contributed by atoms with Crippen molar-refractivity contribution in [2.75, 3.05) is 0 Å². The summed E-state index contributed by atoms with van der Waals surface area (Å²) in [5.74, 6) is 6.37. The van der Waals surface area contributed by atoms with E-state index in [4.69, 9.17) is 5.84 Å². The SMILES string of the molecule is NNC(CC1CCCC1)c1cnns1. The maximum atomic E-state index is 5.54. The summed E-state index contributed by atoms with van der Waals surface area (Å²) in [4.78, 5) is 1.15. The van der Waals surface area contributed by atoms with Gasteiger partial charge in [0.05, 0.1) is 17.1 Å². The zero-order chi connectivity index (χ0) is 9.80. The van der Waals surface area contributed by atoms with Crippen molar-refractivity contribution in [3.8, 4) is 0 Å². The molecule has 2 rings (SSSR count). The Labute approximate surface area is 88.0 Å². The molecule has 0 spiro atoms. The van der Waals surface area contributed by atoms with Crippen LogP contribution in [0.3, 0.4) is 0 Å². The Balaban J connectivity index is 1.93. The van der Waals surface area contributed by atoms with E-state index in [-0.39, 0.29) is 6.04 Å². The minimum Gasteiger partial charge on any atom is -0.271 e. The van der Waals surface area contributed by atoms with Crippen molar-refractivity contribution >= 4 is 11.5 Å². The Morgan fingerprint density at radius 2 is 2.36 bits per heavy atom. The fourth-order valence-electron chi connectivity index (χ4n) is 2.17. The molecule has 78 valence electrons. The Kier molecular flexibility index (Phi) is 3.44. The van der Waals surface area contributed by atoms with E-state index >= 15 is 0 Å². The first-order valence-electron chi connectivity index (χ1n) is 5.13. The second-order valence-corrected chi connectivity index (χ2v) is 4.74. The van der Waals surface area contributed by atoms with E-state index in [1.54, 1.807) is 0 Å². The lowest BCUT2D eigenvalue weighted by Crippen LogP contribution is -2.28. The maximum Gasteiger partial charge on any atom is 0.0669 e. The van der Waals surface area contributed by atoms with Crippen LogP contribution < -0.4 is 11.3 Å². The average Bonchev–Trinajstić information content (AvgIpc) is 2.86. The van der Waals surface area contributed by atoms with E-state index in [1.807, 2.05) is 6.20 Å². The van der Waals surface area contributed by atoms with Gasteiger partial charge < -0.3 is 0 Å². The van der Waals surface area contributed by atoms with Crippen molar-refractivity contribution < 1.29 is 0 Å². The lowest BCUT2D eigenvalue weighted by atomic mass is 9.98. The minimum absolute atomic E-state index is 0.248. The van der Waals surface area contributed by atoms with Gasteiger partial charge in [-0.05, 0) is 23.9 Å². The van der Waals surface area contributed by atoms with Crippen LogP contribution in [-0.4, -0.2) is 9.59 Å². The molecule has 14 heavy (non-hydrogen) atoms. The van der Waals surface area contributed by atoms with E-state index in [0.29, 0.717) is 0 Å². The fourth-order valence-corrected chi connectivity index (χ4v) is 2.75. The van der Waals surface area contributed by atoms with E-state index in [9.17, 15) is 0 Å². The highest BCUT2D eigenvalue weighted by molar-refractivity contribution is 7.05. The molecule has 0 aromatic carbocycles. The molecule has 1 heterocycles. The molecular weight excluding hydrogens is 196 g/mol. The molecule has 0 aliphatic heterocycles. The number of rotatable bonds is 4. The monoisotopic (exact) mass is 212 g/mol. The average molecular weight is 212 g/mol. The van der Waals surface area contributed by atoms with Crippen molar-refractivity contribution in [2.24, 2.45) is 11.8 Å². The van der Waals surface area contributed by atoms with Gasteiger partial charge in [-0.1, -0.05) is 30.2 Å². The Morgan fingerprint density at radius 1 is 1.57 bits per heavy atom. The van der Waals surface area contributed by atoms with Crippen LogP contribution in [0.15, 0.2) is 6.20 Å². The van der Waals surface area contributed by atoms with Gasteiger partial charge in [0.15, 0.2) is 0 Å². The Bertz CT molecular complexity index is 256. The second kappa shape index (κ2) is 4.82. The molecule has 0 saturated heterocycles. The molecule has 3 N–H and O–H groups in total. The number of hydrogen-bond donors (Lipinski definition) is 2. The van der Waals surface area contributed by atoms with Crippen molar-refractivity contribution in [1.29, 1.82) is 0 Å². The summed E-state index contributed by atoms with van der Waals surface area (Å²) < 4.78 is 3.86. The molecule has 0 radical (unpaired) electrons. The number of hydrogen-bond acceptors (Lipinski definition) is 5. The van der Waals surface area contributed by atoms with Gasteiger partial charge in [-0.15, -0.1) is 5.10 Å². The molecule has 1 unspecified atom stereocenters. The molecule has 1 aromatic rings. The van der Waals surface area contributed by atoms with Gasteiger partial charge >= 0.3 is 0 Å². The fraction of sp³-hybridized carbons (Fsp3) is 0.778. The predicted molar refractivity (Wildman–Crippen MR) is 56.5 cm³/mol. The number of aromatic nitrogens is 2. The molecule has 0 amide bonds. The molecule has 1 saturated carbocycles. The highest BCUT2D eigenvalue weighted by Crippen LogP contribution is 2.33.